The van der Waals surface area contributed by atoms with Gasteiger partial charge in [0.1, 0.15) is 17.2 Å². The summed E-state index contributed by atoms with van der Waals surface area (Å²) in [5, 5.41) is 5.34. The average molecular weight is 361 g/mol. The maximum atomic E-state index is 13.6. The first kappa shape index (κ1) is 16.7. The molecule has 2 amide bonds. The molecule has 134 valence electrons. The number of pyridine rings is 2. The Bertz CT molecular complexity index is 1120. The van der Waals surface area contributed by atoms with Crippen molar-refractivity contribution in [1.82, 2.24) is 14.4 Å². The largest absolute Gasteiger partial charge is 0.323 e. The van der Waals surface area contributed by atoms with E-state index in [1.165, 1.54) is 6.07 Å². The SMILES string of the molecule is Cc1ccc(NC(=O)Nc2ccc3nc(-c4ccccn4)cn3c2)cc1F. The fraction of sp³-hybridized carbons (Fsp3) is 0.0500. The lowest BCUT2D eigenvalue weighted by Gasteiger charge is -2.08. The zero-order chi connectivity index (χ0) is 18.8. The highest BCUT2D eigenvalue weighted by Gasteiger charge is 2.08. The minimum atomic E-state index is -0.456. The first-order valence-corrected chi connectivity index (χ1v) is 8.33. The number of benzene rings is 1. The van der Waals surface area contributed by atoms with Gasteiger partial charge in [0.15, 0.2) is 0 Å². The van der Waals surface area contributed by atoms with Gasteiger partial charge in [0.25, 0.3) is 0 Å². The average Bonchev–Trinajstić information content (AvgIpc) is 3.09. The summed E-state index contributed by atoms with van der Waals surface area (Å²) in [5.74, 6) is -0.366. The number of fused-ring (bicyclic) bond motifs is 1. The van der Waals surface area contributed by atoms with Crippen LogP contribution in [0.2, 0.25) is 0 Å². The van der Waals surface area contributed by atoms with Crippen LogP contribution in [0.25, 0.3) is 17.0 Å². The van der Waals surface area contributed by atoms with E-state index in [0.29, 0.717) is 16.9 Å². The van der Waals surface area contributed by atoms with Crippen LogP contribution in [0.4, 0.5) is 20.6 Å². The number of carbonyl (C=O) groups excluding carboxylic acids is 1. The molecule has 0 unspecified atom stereocenters. The predicted octanol–water partition coefficient (Wildman–Crippen LogP) is 4.49. The standard InChI is InChI=1S/C20H16FN5O/c1-13-5-6-14(10-16(13)21)23-20(27)24-15-7-8-19-25-18(12-26(19)11-15)17-4-2-3-9-22-17/h2-12H,1H3,(H2,23,24,27). The van der Waals surface area contributed by atoms with Crippen molar-refractivity contribution in [3.63, 3.8) is 0 Å². The molecule has 0 radical (unpaired) electrons. The van der Waals surface area contributed by atoms with Crippen LogP contribution < -0.4 is 10.6 Å². The van der Waals surface area contributed by atoms with Crippen molar-refractivity contribution in [2.45, 2.75) is 6.92 Å². The third-order valence-electron chi connectivity index (χ3n) is 4.07. The second-order valence-electron chi connectivity index (χ2n) is 6.07. The fourth-order valence-electron chi connectivity index (χ4n) is 2.67. The molecule has 0 bridgehead atoms. The molecule has 0 saturated heterocycles. The van der Waals surface area contributed by atoms with Crippen LogP contribution in [0.1, 0.15) is 5.56 Å². The van der Waals surface area contributed by atoms with E-state index in [1.807, 2.05) is 28.8 Å². The molecule has 6 nitrogen and oxygen atoms in total. The Morgan fingerprint density at radius 3 is 2.59 bits per heavy atom. The van der Waals surface area contributed by atoms with Gasteiger partial charge in [-0.25, -0.2) is 14.2 Å². The number of imidazole rings is 1. The number of nitrogens with one attached hydrogen (secondary N) is 2. The second kappa shape index (κ2) is 6.87. The third-order valence-corrected chi connectivity index (χ3v) is 4.07. The van der Waals surface area contributed by atoms with E-state index in [9.17, 15) is 9.18 Å². The predicted molar refractivity (Wildman–Crippen MR) is 102 cm³/mol. The van der Waals surface area contributed by atoms with Crippen LogP contribution in [0.3, 0.4) is 0 Å². The number of urea groups is 1. The number of aromatic nitrogens is 3. The van der Waals surface area contributed by atoms with E-state index in [0.717, 1.165) is 17.0 Å². The van der Waals surface area contributed by atoms with E-state index in [-0.39, 0.29) is 5.82 Å². The molecule has 4 aromatic rings. The molecular formula is C20H16FN5O. The molecule has 0 aliphatic carbocycles. The van der Waals surface area contributed by atoms with E-state index in [1.54, 1.807) is 43.6 Å². The maximum Gasteiger partial charge on any atom is 0.323 e. The van der Waals surface area contributed by atoms with Gasteiger partial charge in [-0.2, -0.15) is 0 Å². The minimum Gasteiger partial charge on any atom is -0.308 e. The van der Waals surface area contributed by atoms with E-state index in [2.05, 4.69) is 20.6 Å². The number of nitrogens with zero attached hydrogens (tertiary/aromatic N) is 3. The number of hydrogen-bond donors (Lipinski definition) is 2. The molecule has 3 heterocycles. The number of aryl methyl sites for hydroxylation is 1. The summed E-state index contributed by atoms with van der Waals surface area (Å²) >= 11 is 0. The Balaban J connectivity index is 1.51. The van der Waals surface area contributed by atoms with E-state index >= 15 is 0 Å². The fourth-order valence-corrected chi connectivity index (χ4v) is 2.67. The molecule has 0 saturated carbocycles. The number of rotatable bonds is 3. The first-order chi connectivity index (χ1) is 13.1. The van der Waals surface area contributed by atoms with Gasteiger partial charge in [-0.15, -0.1) is 0 Å². The summed E-state index contributed by atoms with van der Waals surface area (Å²) in [4.78, 5) is 21.0. The van der Waals surface area contributed by atoms with Gasteiger partial charge in [0.05, 0.1) is 11.4 Å². The molecule has 2 N–H and O–H groups in total. The van der Waals surface area contributed by atoms with Crippen LogP contribution in [0, 0.1) is 12.7 Å². The Labute approximate surface area is 154 Å². The molecular weight excluding hydrogens is 345 g/mol. The molecule has 0 fully saturated rings. The second-order valence-corrected chi connectivity index (χ2v) is 6.07. The lowest BCUT2D eigenvalue weighted by atomic mass is 10.2. The zero-order valence-electron chi connectivity index (χ0n) is 14.5. The molecule has 3 aromatic heterocycles. The molecule has 0 aliphatic heterocycles. The summed E-state index contributed by atoms with van der Waals surface area (Å²) in [6, 6.07) is 13.3. The molecule has 4 rings (SSSR count). The quantitative estimate of drug-likeness (QED) is 0.565. The molecule has 27 heavy (non-hydrogen) atoms. The number of hydrogen-bond acceptors (Lipinski definition) is 3. The number of halogens is 1. The topological polar surface area (TPSA) is 71.3 Å². The lowest BCUT2D eigenvalue weighted by molar-refractivity contribution is 0.262. The van der Waals surface area contributed by atoms with Crippen LogP contribution >= 0.6 is 0 Å². The maximum absolute atomic E-state index is 13.6. The van der Waals surface area contributed by atoms with Crippen LogP contribution in [0.15, 0.2) is 67.1 Å². The molecule has 0 atom stereocenters. The van der Waals surface area contributed by atoms with Crippen molar-refractivity contribution >= 4 is 23.1 Å². The monoisotopic (exact) mass is 361 g/mol. The number of anilines is 2. The van der Waals surface area contributed by atoms with Crippen molar-refractivity contribution in [2.75, 3.05) is 10.6 Å². The molecule has 0 spiro atoms. The van der Waals surface area contributed by atoms with Gasteiger partial charge >= 0.3 is 6.03 Å². The van der Waals surface area contributed by atoms with Gasteiger partial charge in [-0.3, -0.25) is 4.98 Å². The Morgan fingerprint density at radius 1 is 1.00 bits per heavy atom. The normalized spacial score (nSPS) is 10.7. The highest BCUT2D eigenvalue weighted by Crippen LogP contribution is 2.19. The summed E-state index contributed by atoms with van der Waals surface area (Å²) in [6.07, 6.45) is 5.31. The molecule has 7 heteroatoms. The van der Waals surface area contributed by atoms with Crippen molar-refractivity contribution in [2.24, 2.45) is 0 Å². The summed E-state index contributed by atoms with van der Waals surface area (Å²) in [5.41, 5.74) is 3.74. The van der Waals surface area contributed by atoms with E-state index in [4.69, 9.17) is 0 Å². The summed E-state index contributed by atoms with van der Waals surface area (Å²) < 4.78 is 15.4. The first-order valence-electron chi connectivity index (χ1n) is 8.33. The van der Waals surface area contributed by atoms with Crippen molar-refractivity contribution in [3.05, 3.63) is 78.5 Å². The van der Waals surface area contributed by atoms with Gasteiger partial charge in [-0.05, 0) is 48.9 Å². The van der Waals surface area contributed by atoms with Crippen molar-refractivity contribution in [3.8, 4) is 11.4 Å². The Hall–Kier alpha value is -3.74. The summed E-state index contributed by atoms with van der Waals surface area (Å²) in [7, 11) is 0. The van der Waals surface area contributed by atoms with Crippen LogP contribution in [-0.2, 0) is 0 Å². The van der Waals surface area contributed by atoms with Crippen LogP contribution in [-0.4, -0.2) is 20.4 Å². The minimum absolute atomic E-state index is 0.366. The number of carbonyl (C=O) groups is 1. The Kier molecular flexibility index (Phi) is 4.25. The van der Waals surface area contributed by atoms with Gasteiger partial charge in [0.2, 0.25) is 0 Å². The highest BCUT2D eigenvalue weighted by molar-refractivity contribution is 5.99. The lowest BCUT2D eigenvalue weighted by Crippen LogP contribution is -2.19. The Morgan fingerprint density at radius 2 is 1.81 bits per heavy atom. The van der Waals surface area contributed by atoms with Gasteiger partial charge < -0.3 is 15.0 Å². The molecule has 1 aromatic carbocycles. The summed E-state index contributed by atoms with van der Waals surface area (Å²) in [6.45, 7) is 1.67. The van der Waals surface area contributed by atoms with Gasteiger partial charge in [-0.1, -0.05) is 12.1 Å². The van der Waals surface area contributed by atoms with Gasteiger partial charge in [0, 0.05) is 24.3 Å². The third kappa shape index (κ3) is 3.62. The highest BCUT2D eigenvalue weighted by atomic mass is 19.1. The van der Waals surface area contributed by atoms with Crippen molar-refractivity contribution in [1.29, 1.82) is 0 Å². The van der Waals surface area contributed by atoms with E-state index < -0.39 is 6.03 Å². The van der Waals surface area contributed by atoms with Crippen LogP contribution in [0.5, 0.6) is 0 Å². The smallest absolute Gasteiger partial charge is 0.308 e. The zero-order valence-corrected chi connectivity index (χ0v) is 14.5. The van der Waals surface area contributed by atoms with Crippen molar-refractivity contribution < 1.29 is 9.18 Å². The number of amides is 2. The molecule has 0 aliphatic rings.